The summed E-state index contributed by atoms with van der Waals surface area (Å²) in [5, 5.41) is 10.6. The van der Waals surface area contributed by atoms with Gasteiger partial charge in [0.15, 0.2) is 0 Å². The number of aromatic nitrogens is 1. The minimum Gasteiger partial charge on any atom is -0.477 e. The van der Waals surface area contributed by atoms with Crippen molar-refractivity contribution in [1.29, 1.82) is 0 Å². The van der Waals surface area contributed by atoms with Gasteiger partial charge in [-0.15, -0.1) is 0 Å². The van der Waals surface area contributed by atoms with Gasteiger partial charge in [-0.05, 0) is 44.2 Å². The number of rotatable bonds is 4. The highest BCUT2D eigenvalue weighted by Crippen LogP contribution is 2.34. The van der Waals surface area contributed by atoms with Gasteiger partial charge >= 0.3 is 5.97 Å². The van der Waals surface area contributed by atoms with Crippen LogP contribution in [0.3, 0.4) is 0 Å². The van der Waals surface area contributed by atoms with Crippen molar-refractivity contribution >= 4 is 40.8 Å². The molecule has 0 aliphatic rings. The monoisotopic (exact) mass is 453 g/mol. The number of benzene rings is 2. The maximum absolute atomic E-state index is 14.5. The molecule has 0 saturated carbocycles. The normalized spacial score (nSPS) is 11.0. The second-order valence-corrected chi connectivity index (χ2v) is 7.57. The Labute approximate surface area is 181 Å². The third-order valence-electron chi connectivity index (χ3n) is 4.65. The Morgan fingerprint density at radius 3 is 2.38 bits per heavy atom. The predicted octanol–water partition coefficient (Wildman–Crippen LogP) is 6.31. The molecule has 2 aromatic carbocycles. The van der Waals surface area contributed by atoms with Crippen LogP contribution in [0.15, 0.2) is 41.2 Å². The van der Waals surface area contributed by atoms with E-state index in [-0.39, 0.29) is 26.9 Å². The summed E-state index contributed by atoms with van der Waals surface area (Å²) in [5.74, 6) is -2.10. The largest absolute Gasteiger partial charge is 0.477 e. The van der Waals surface area contributed by atoms with Gasteiger partial charge in [0.2, 0.25) is 5.43 Å². The molecule has 3 aromatic rings. The fourth-order valence-electron chi connectivity index (χ4n) is 3.38. The minimum atomic E-state index is -1.43. The fraction of sp³-hybridized carbons (Fsp3) is 0.143. The van der Waals surface area contributed by atoms with Gasteiger partial charge in [-0.25, -0.2) is 9.18 Å². The Bertz CT molecular complexity index is 1200. The van der Waals surface area contributed by atoms with E-state index in [1.807, 2.05) is 0 Å². The van der Waals surface area contributed by atoms with E-state index < -0.39 is 22.8 Å². The Hall–Kier alpha value is -2.34. The first-order valence-corrected chi connectivity index (χ1v) is 9.72. The van der Waals surface area contributed by atoms with Gasteiger partial charge in [-0.1, -0.05) is 40.9 Å². The lowest BCUT2D eigenvalue weighted by Crippen LogP contribution is -2.25. The van der Waals surface area contributed by atoms with Crippen LogP contribution >= 0.6 is 34.8 Å². The van der Waals surface area contributed by atoms with E-state index in [4.69, 9.17) is 34.8 Å². The van der Waals surface area contributed by atoms with E-state index in [9.17, 15) is 19.1 Å². The smallest absolute Gasteiger partial charge is 0.341 e. The molecule has 150 valence electrons. The number of nitrogens with zero attached hydrogens (tertiary/aromatic N) is 1. The lowest BCUT2D eigenvalue weighted by molar-refractivity contribution is 0.0695. The zero-order chi connectivity index (χ0) is 21.5. The van der Waals surface area contributed by atoms with Gasteiger partial charge in [0.05, 0.1) is 21.3 Å². The minimum absolute atomic E-state index is 0.0481. The van der Waals surface area contributed by atoms with Crippen LogP contribution in [-0.4, -0.2) is 15.6 Å². The molecular formula is C21H15Cl3FNO3. The van der Waals surface area contributed by atoms with E-state index in [0.717, 1.165) is 6.07 Å². The SMILES string of the molecule is CCn1c(C)c(-c2cc(Cl)ccc2F)c(=O)c(C(=O)O)c1-c1ccc(Cl)c(Cl)c1. The average molecular weight is 455 g/mol. The summed E-state index contributed by atoms with van der Waals surface area (Å²) >= 11 is 18.1. The summed E-state index contributed by atoms with van der Waals surface area (Å²) in [6.07, 6.45) is 0. The van der Waals surface area contributed by atoms with Crippen molar-refractivity contribution in [3.05, 3.63) is 78.8 Å². The average Bonchev–Trinajstić information content (AvgIpc) is 2.66. The molecule has 29 heavy (non-hydrogen) atoms. The topological polar surface area (TPSA) is 59.3 Å². The van der Waals surface area contributed by atoms with Crippen LogP contribution in [-0.2, 0) is 6.54 Å². The molecule has 3 rings (SSSR count). The molecule has 0 saturated heterocycles. The molecule has 0 radical (unpaired) electrons. The van der Waals surface area contributed by atoms with Crippen LogP contribution < -0.4 is 5.43 Å². The van der Waals surface area contributed by atoms with Crippen molar-refractivity contribution in [3.8, 4) is 22.4 Å². The molecule has 0 unspecified atom stereocenters. The first-order chi connectivity index (χ1) is 13.7. The summed E-state index contributed by atoms with van der Waals surface area (Å²) in [6, 6.07) is 8.41. The highest BCUT2D eigenvalue weighted by Gasteiger charge is 2.27. The van der Waals surface area contributed by atoms with Crippen LogP contribution in [0, 0.1) is 12.7 Å². The Balaban J connectivity index is 2.49. The quantitative estimate of drug-likeness (QED) is 0.502. The molecule has 0 bridgehead atoms. The number of hydrogen-bond donors (Lipinski definition) is 1. The number of pyridine rings is 1. The van der Waals surface area contributed by atoms with E-state index in [1.54, 1.807) is 24.5 Å². The van der Waals surface area contributed by atoms with Crippen LogP contribution in [0.4, 0.5) is 4.39 Å². The standard InChI is InChI=1S/C21H15Cl3FNO3/c1-3-26-10(2)17(13-9-12(22)5-7-16(13)25)20(27)18(21(28)29)19(26)11-4-6-14(23)15(24)8-11/h4-9H,3H2,1-2H3,(H,28,29). The van der Waals surface area contributed by atoms with Crippen molar-refractivity contribution < 1.29 is 14.3 Å². The van der Waals surface area contributed by atoms with Crippen molar-refractivity contribution in [2.24, 2.45) is 0 Å². The van der Waals surface area contributed by atoms with Crippen LogP contribution in [0.5, 0.6) is 0 Å². The summed E-state index contributed by atoms with van der Waals surface area (Å²) in [6.45, 7) is 3.76. The molecule has 4 nitrogen and oxygen atoms in total. The van der Waals surface area contributed by atoms with Gasteiger partial charge in [0, 0.05) is 28.4 Å². The first kappa shape index (κ1) is 21.4. The van der Waals surface area contributed by atoms with Crippen molar-refractivity contribution in [2.45, 2.75) is 20.4 Å². The van der Waals surface area contributed by atoms with E-state index in [0.29, 0.717) is 22.8 Å². The highest BCUT2D eigenvalue weighted by atomic mass is 35.5. The number of halogens is 4. The zero-order valence-electron chi connectivity index (χ0n) is 15.4. The van der Waals surface area contributed by atoms with E-state index in [2.05, 4.69) is 0 Å². The Morgan fingerprint density at radius 1 is 1.10 bits per heavy atom. The van der Waals surface area contributed by atoms with Crippen molar-refractivity contribution in [1.82, 2.24) is 4.57 Å². The maximum atomic E-state index is 14.5. The lowest BCUT2D eigenvalue weighted by Gasteiger charge is -2.21. The molecule has 1 aromatic heterocycles. The molecule has 8 heteroatoms. The van der Waals surface area contributed by atoms with Crippen molar-refractivity contribution in [3.63, 3.8) is 0 Å². The number of hydrogen-bond acceptors (Lipinski definition) is 2. The number of aromatic carboxylic acids is 1. The summed E-state index contributed by atoms with van der Waals surface area (Å²) < 4.78 is 16.2. The lowest BCUT2D eigenvalue weighted by atomic mass is 9.96. The van der Waals surface area contributed by atoms with E-state index >= 15 is 0 Å². The Kier molecular flexibility index (Phi) is 6.03. The summed E-state index contributed by atoms with van der Waals surface area (Å²) in [7, 11) is 0. The predicted molar refractivity (Wildman–Crippen MR) is 114 cm³/mol. The third kappa shape index (κ3) is 3.78. The van der Waals surface area contributed by atoms with Gasteiger partial charge < -0.3 is 9.67 Å². The molecule has 0 aliphatic carbocycles. The fourth-order valence-corrected chi connectivity index (χ4v) is 3.85. The Morgan fingerprint density at radius 2 is 1.79 bits per heavy atom. The van der Waals surface area contributed by atoms with Crippen LogP contribution in [0.2, 0.25) is 15.1 Å². The second-order valence-electron chi connectivity index (χ2n) is 6.32. The summed E-state index contributed by atoms with van der Waals surface area (Å²) in [4.78, 5) is 25.3. The molecule has 1 heterocycles. The van der Waals surface area contributed by atoms with Gasteiger partial charge in [0.1, 0.15) is 11.4 Å². The zero-order valence-corrected chi connectivity index (χ0v) is 17.7. The van der Waals surface area contributed by atoms with Crippen molar-refractivity contribution in [2.75, 3.05) is 0 Å². The molecule has 0 spiro atoms. The molecule has 0 aliphatic heterocycles. The van der Waals surface area contributed by atoms with E-state index in [1.165, 1.54) is 24.3 Å². The highest BCUT2D eigenvalue weighted by molar-refractivity contribution is 6.42. The van der Waals surface area contributed by atoms with Gasteiger partial charge in [-0.2, -0.15) is 0 Å². The third-order valence-corrected chi connectivity index (χ3v) is 5.62. The number of carboxylic acid groups (broad SMARTS) is 1. The summed E-state index contributed by atoms with van der Waals surface area (Å²) in [5.41, 5.74) is -0.389. The molecule has 0 atom stereocenters. The number of carbonyl (C=O) groups is 1. The second kappa shape index (κ2) is 8.19. The maximum Gasteiger partial charge on any atom is 0.341 e. The van der Waals surface area contributed by atoms with Crippen LogP contribution in [0.1, 0.15) is 23.0 Å². The van der Waals surface area contributed by atoms with Crippen LogP contribution in [0.25, 0.3) is 22.4 Å². The van der Waals surface area contributed by atoms with Gasteiger partial charge in [-0.3, -0.25) is 4.79 Å². The molecule has 1 N–H and O–H groups in total. The molecule has 0 amide bonds. The number of carboxylic acids is 1. The van der Waals surface area contributed by atoms with Gasteiger partial charge in [0.25, 0.3) is 0 Å². The first-order valence-electron chi connectivity index (χ1n) is 8.58. The molecular weight excluding hydrogens is 440 g/mol. The molecule has 0 fully saturated rings.